The highest BCUT2D eigenvalue weighted by molar-refractivity contribution is 5.56. The molecule has 0 bridgehead atoms. The largest absolute Gasteiger partial charge is 0.488 e. The van der Waals surface area contributed by atoms with E-state index >= 15 is 0 Å². The van der Waals surface area contributed by atoms with Gasteiger partial charge in [-0.05, 0) is 12.8 Å². The Labute approximate surface area is 84.1 Å². The molecule has 0 atom stereocenters. The number of aromatic nitrogens is 1. The fraction of sp³-hybridized carbons (Fsp3) is 0.444. The Bertz CT molecular complexity index is 374. The van der Waals surface area contributed by atoms with E-state index in [0.717, 1.165) is 19.0 Å². The lowest BCUT2D eigenvalue weighted by atomic mass is 10.2. The second kappa shape index (κ2) is 3.29. The molecule has 0 unspecified atom stereocenters. The molecule has 82 valence electrons. The van der Waals surface area contributed by atoms with E-state index in [1.807, 2.05) is 0 Å². The number of rotatable bonds is 2. The van der Waals surface area contributed by atoms with Gasteiger partial charge in [-0.15, -0.1) is 0 Å². The van der Waals surface area contributed by atoms with Crippen molar-refractivity contribution in [3.63, 3.8) is 0 Å². The van der Waals surface area contributed by atoms with Crippen LogP contribution in [0.2, 0.25) is 0 Å². The summed E-state index contributed by atoms with van der Waals surface area (Å²) in [6.07, 6.45) is -1.74. The van der Waals surface area contributed by atoms with E-state index in [1.54, 1.807) is 0 Å². The minimum atomic E-state index is -4.53. The zero-order chi connectivity index (χ0) is 11.1. The van der Waals surface area contributed by atoms with E-state index in [2.05, 4.69) is 4.98 Å². The van der Waals surface area contributed by atoms with E-state index in [4.69, 9.17) is 10.5 Å². The number of alkyl halides is 3. The molecular formula is C9H9F3N2O. The number of nitrogens with two attached hydrogens (primary N) is 1. The van der Waals surface area contributed by atoms with Crippen molar-refractivity contribution < 1.29 is 17.9 Å². The van der Waals surface area contributed by atoms with Crippen LogP contribution in [-0.2, 0) is 6.18 Å². The Morgan fingerprint density at radius 1 is 1.40 bits per heavy atom. The quantitative estimate of drug-likeness (QED) is 0.827. The standard InChI is InChI=1S/C9H9F3N2O/c10-9(11,12)8-7(13)6(3-4-14-8)15-5-1-2-5/h3-5H,1-2,13H2. The van der Waals surface area contributed by atoms with Crippen LogP contribution in [-0.4, -0.2) is 11.1 Å². The van der Waals surface area contributed by atoms with Gasteiger partial charge >= 0.3 is 6.18 Å². The molecule has 6 heteroatoms. The van der Waals surface area contributed by atoms with Gasteiger partial charge in [0, 0.05) is 12.3 Å². The zero-order valence-corrected chi connectivity index (χ0v) is 7.71. The number of halogens is 3. The van der Waals surface area contributed by atoms with Crippen molar-refractivity contribution >= 4 is 5.69 Å². The third-order valence-electron chi connectivity index (χ3n) is 2.04. The Hall–Kier alpha value is -1.46. The molecule has 1 fully saturated rings. The highest BCUT2D eigenvalue weighted by Gasteiger charge is 2.36. The first-order valence-electron chi connectivity index (χ1n) is 4.47. The second-order valence-electron chi connectivity index (χ2n) is 3.39. The summed E-state index contributed by atoms with van der Waals surface area (Å²) in [6.45, 7) is 0. The Balaban J connectivity index is 2.31. The molecule has 0 aromatic carbocycles. The van der Waals surface area contributed by atoms with Crippen LogP contribution in [0.25, 0.3) is 0 Å². The summed E-state index contributed by atoms with van der Waals surface area (Å²) in [5, 5.41) is 0. The molecule has 0 aliphatic heterocycles. The third-order valence-corrected chi connectivity index (χ3v) is 2.04. The minimum absolute atomic E-state index is 0.00998. The molecule has 3 nitrogen and oxygen atoms in total. The van der Waals surface area contributed by atoms with Crippen molar-refractivity contribution in [3.8, 4) is 5.75 Å². The van der Waals surface area contributed by atoms with Crippen LogP contribution >= 0.6 is 0 Å². The monoisotopic (exact) mass is 218 g/mol. The zero-order valence-electron chi connectivity index (χ0n) is 7.71. The molecular weight excluding hydrogens is 209 g/mol. The summed E-state index contributed by atoms with van der Waals surface area (Å²) in [4.78, 5) is 3.21. The summed E-state index contributed by atoms with van der Waals surface area (Å²) < 4.78 is 42.4. The summed E-state index contributed by atoms with van der Waals surface area (Å²) in [7, 11) is 0. The first-order chi connectivity index (χ1) is 6.98. The van der Waals surface area contributed by atoms with Crippen molar-refractivity contribution in [1.29, 1.82) is 0 Å². The van der Waals surface area contributed by atoms with Gasteiger partial charge in [-0.25, -0.2) is 4.98 Å². The molecule has 1 aromatic heterocycles. The fourth-order valence-electron chi connectivity index (χ4n) is 1.15. The maximum absolute atomic E-state index is 12.4. The number of ether oxygens (including phenoxy) is 1. The summed E-state index contributed by atoms with van der Waals surface area (Å²) >= 11 is 0. The van der Waals surface area contributed by atoms with E-state index in [9.17, 15) is 13.2 Å². The smallest absolute Gasteiger partial charge is 0.435 e. The van der Waals surface area contributed by atoms with Crippen LogP contribution < -0.4 is 10.5 Å². The van der Waals surface area contributed by atoms with Gasteiger partial charge < -0.3 is 10.5 Å². The van der Waals surface area contributed by atoms with Crippen LogP contribution in [0, 0.1) is 0 Å². The molecule has 0 spiro atoms. The molecule has 2 N–H and O–H groups in total. The van der Waals surface area contributed by atoms with Gasteiger partial charge in [-0.1, -0.05) is 0 Å². The average Bonchev–Trinajstić information content (AvgIpc) is 2.90. The lowest BCUT2D eigenvalue weighted by Crippen LogP contribution is -2.13. The van der Waals surface area contributed by atoms with Gasteiger partial charge in [-0.3, -0.25) is 0 Å². The third kappa shape index (κ3) is 2.14. The van der Waals surface area contributed by atoms with E-state index in [0.29, 0.717) is 0 Å². The lowest BCUT2D eigenvalue weighted by Gasteiger charge is -2.12. The highest BCUT2D eigenvalue weighted by Crippen LogP contribution is 2.38. The minimum Gasteiger partial charge on any atom is -0.488 e. The topological polar surface area (TPSA) is 48.1 Å². The van der Waals surface area contributed by atoms with E-state index in [-0.39, 0.29) is 11.9 Å². The van der Waals surface area contributed by atoms with Gasteiger partial charge in [0.1, 0.15) is 11.4 Å². The summed E-state index contributed by atoms with van der Waals surface area (Å²) in [5.74, 6) is 0.0693. The lowest BCUT2D eigenvalue weighted by molar-refractivity contribution is -0.140. The van der Waals surface area contributed by atoms with Crippen LogP contribution in [0.1, 0.15) is 18.5 Å². The number of nitrogens with zero attached hydrogens (tertiary/aromatic N) is 1. The van der Waals surface area contributed by atoms with Gasteiger partial charge in [-0.2, -0.15) is 13.2 Å². The van der Waals surface area contributed by atoms with Crippen molar-refractivity contribution in [2.24, 2.45) is 0 Å². The second-order valence-corrected chi connectivity index (χ2v) is 3.39. The number of pyridine rings is 1. The Morgan fingerprint density at radius 2 is 2.07 bits per heavy atom. The van der Waals surface area contributed by atoms with Crippen LogP contribution in [0.3, 0.4) is 0 Å². The summed E-state index contributed by atoms with van der Waals surface area (Å²) in [5.41, 5.74) is 3.82. The predicted octanol–water partition coefficient (Wildman–Crippen LogP) is 2.22. The van der Waals surface area contributed by atoms with E-state index in [1.165, 1.54) is 6.07 Å². The molecule has 2 rings (SSSR count). The molecule has 1 aliphatic rings. The number of anilines is 1. The molecule has 1 aliphatic carbocycles. The molecule has 1 aromatic rings. The molecule has 0 radical (unpaired) electrons. The highest BCUT2D eigenvalue weighted by atomic mass is 19.4. The molecule has 0 amide bonds. The van der Waals surface area contributed by atoms with Gasteiger partial charge in [0.25, 0.3) is 0 Å². The maximum atomic E-state index is 12.4. The molecule has 1 saturated carbocycles. The van der Waals surface area contributed by atoms with Crippen LogP contribution in [0.15, 0.2) is 12.3 Å². The Morgan fingerprint density at radius 3 is 2.60 bits per heavy atom. The molecule has 1 heterocycles. The van der Waals surface area contributed by atoms with Gasteiger partial charge in [0.2, 0.25) is 0 Å². The average molecular weight is 218 g/mol. The molecule has 0 saturated heterocycles. The predicted molar refractivity (Wildman–Crippen MR) is 47.3 cm³/mol. The normalized spacial score (nSPS) is 16.5. The number of hydrogen-bond acceptors (Lipinski definition) is 3. The van der Waals surface area contributed by atoms with Crippen molar-refractivity contribution in [3.05, 3.63) is 18.0 Å². The fourth-order valence-corrected chi connectivity index (χ4v) is 1.15. The Kier molecular flexibility index (Phi) is 2.21. The number of nitrogen functional groups attached to an aromatic ring is 1. The van der Waals surface area contributed by atoms with Crippen molar-refractivity contribution in [2.45, 2.75) is 25.1 Å². The van der Waals surface area contributed by atoms with Gasteiger partial charge in [0.05, 0.1) is 6.10 Å². The van der Waals surface area contributed by atoms with Gasteiger partial charge in [0.15, 0.2) is 5.69 Å². The first kappa shape index (κ1) is 10.1. The summed E-state index contributed by atoms with van der Waals surface area (Å²) in [6, 6.07) is 1.35. The van der Waals surface area contributed by atoms with Crippen molar-refractivity contribution in [1.82, 2.24) is 4.98 Å². The van der Waals surface area contributed by atoms with Crippen molar-refractivity contribution in [2.75, 3.05) is 5.73 Å². The first-order valence-corrected chi connectivity index (χ1v) is 4.47. The number of hydrogen-bond donors (Lipinski definition) is 1. The maximum Gasteiger partial charge on any atom is 0.435 e. The SMILES string of the molecule is Nc1c(OC2CC2)ccnc1C(F)(F)F. The van der Waals surface area contributed by atoms with Crippen LogP contribution in [0.5, 0.6) is 5.75 Å². The molecule has 15 heavy (non-hydrogen) atoms. The van der Waals surface area contributed by atoms with E-state index < -0.39 is 17.6 Å². The van der Waals surface area contributed by atoms with Crippen LogP contribution in [0.4, 0.5) is 18.9 Å².